The van der Waals surface area contributed by atoms with E-state index in [1.54, 1.807) is 43.3 Å². The van der Waals surface area contributed by atoms with Gasteiger partial charge in [0.2, 0.25) is 29.4 Å². The van der Waals surface area contributed by atoms with Crippen molar-refractivity contribution in [1.29, 1.82) is 0 Å². The van der Waals surface area contributed by atoms with E-state index in [1.165, 1.54) is 18.3 Å². The quantitative estimate of drug-likeness (QED) is 0.0656. The first kappa shape index (κ1) is 38.7. The summed E-state index contributed by atoms with van der Waals surface area (Å²) in [7, 11) is 0. The maximum absolute atomic E-state index is 14.2. The molecule has 0 spiro atoms. The van der Waals surface area contributed by atoms with Crippen LogP contribution in [-0.4, -0.2) is 77.6 Å². The number of Topliss-reactive ketones (excluding diaryl/α,β-unsaturated/α-hetero) is 1. The molecule has 6 N–H and O–H groups in total. The number of aromatic nitrogens is 1. The van der Waals surface area contributed by atoms with E-state index in [1.807, 2.05) is 38.1 Å². The Balaban J connectivity index is 1.65. The summed E-state index contributed by atoms with van der Waals surface area (Å²) in [6.07, 6.45) is 4.75. The molecule has 2 bridgehead atoms. The number of hydrogen-bond donors (Lipinski definition) is 5. The maximum atomic E-state index is 14.2. The highest BCUT2D eigenvalue weighted by atomic mass is 32.1. The van der Waals surface area contributed by atoms with Gasteiger partial charge in [0.1, 0.15) is 30.5 Å². The van der Waals surface area contributed by atoms with E-state index in [9.17, 15) is 24.0 Å². The summed E-state index contributed by atoms with van der Waals surface area (Å²) in [5.41, 5.74) is 7.13. The van der Waals surface area contributed by atoms with E-state index < -0.39 is 47.8 Å². The molecule has 13 nitrogen and oxygen atoms in total. The minimum Gasteiger partial charge on any atom is -0.490 e. The lowest BCUT2D eigenvalue weighted by atomic mass is 9.99. The smallest absolute Gasteiger partial charge is 0.243 e. The topological polar surface area (TPSA) is 194 Å². The molecule has 4 amide bonds. The Morgan fingerprint density at radius 1 is 1.04 bits per heavy atom. The van der Waals surface area contributed by atoms with Gasteiger partial charge in [-0.2, -0.15) is 0 Å². The van der Waals surface area contributed by atoms with Crippen LogP contribution in [0.25, 0.3) is 10.2 Å². The van der Waals surface area contributed by atoms with Crippen molar-refractivity contribution in [2.75, 3.05) is 13.2 Å². The van der Waals surface area contributed by atoms with Crippen molar-refractivity contribution in [3.8, 4) is 5.75 Å². The molecular weight excluding hydrogens is 671 g/mol. The van der Waals surface area contributed by atoms with E-state index >= 15 is 0 Å². The lowest BCUT2D eigenvalue weighted by Crippen LogP contribution is -2.58. The third-order valence-electron chi connectivity index (χ3n) is 8.06. The number of nitrogens with two attached hydrogens (primary N) is 1. The van der Waals surface area contributed by atoms with E-state index in [2.05, 4.69) is 31.2 Å². The average Bonchev–Trinajstić information content (AvgIpc) is 3.52. The Bertz CT molecular complexity index is 1720. The molecule has 0 fully saturated rings. The lowest BCUT2D eigenvalue weighted by molar-refractivity contribution is -0.133. The number of carbonyl (C=O) groups is 5. The summed E-state index contributed by atoms with van der Waals surface area (Å²) in [4.78, 5) is 76.1. The minimum atomic E-state index is -1.12. The van der Waals surface area contributed by atoms with Crippen molar-refractivity contribution in [3.05, 3.63) is 71.3 Å². The van der Waals surface area contributed by atoms with Gasteiger partial charge in [-0.3, -0.25) is 29.0 Å². The number of nitrogens with zero attached hydrogens (tertiary/aromatic N) is 2. The highest BCUT2D eigenvalue weighted by molar-refractivity contribution is 7.20. The van der Waals surface area contributed by atoms with Gasteiger partial charge in [-0.25, -0.2) is 4.98 Å². The van der Waals surface area contributed by atoms with Crippen molar-refractivity contribution >= 4 is 56.8 Å². The zero-order valence-corrected chi connectivity index (χ0v) is 30.3. The molecule has 2 aliphatic heterocycles. The first-order valence-corrected chi connectivity index (χ1v) is 17.9. The number of nitrogens with one attached hydrogen (secondary N) is 4. The van der Waals surface area contributed by atoms with Crippen LogP contribution in [0.1, 0.15) is 68.7 Å². The number of carbonyl (C=O) groups excluding carboxylic acids is 5. The lowest BCUT2D eigenvalue weighted by Gasteiger charge is -2.27. The summed E-state index contributed by atoms with van der Waals surface area (Å²) in [6, 6.07) is 10.5. The average molecular weight is 718 g/mol. The minimum absolute atomic E-state index is 0.00173. The number of rotatable bonds is 11. The van der Waals surface area contributed by atoms with E-state index in [0.29, 0.717) is 30.1 Å². The van der Waals surface area contributed by atoms with E-state index in [4.69, 9.17) is 10.5 Å². The largest absolute Gasteiger partial charge is 0.490 e. The highest BCUT2D eigenvalue weighted by Crippen LogP contribution is 2.24. The number of fused-ring (bicyclic) bond motifs is 14. The second kappa shape index (κ2) is 18.8. The highest BCUT2D eigenvalue weighted by Gasteiger charge is 2.32. The molecule has 1 aromatic heterocycles. The molecule has 4 atom stereocenters. The molecule has 0 saturated heterocycles. The Morgan fingerprint density at radius 2 is 1.78 bits per heavy atom. The molecule has 2 aromatic carbocycles. The molecule has 0 radical (unpaired) electrons. The van der Waals surface area contributed by atoms with Crippen molar-refractivity contribution in [2.45, 2.75) is 84.0 Å². The van der Waals surface area contributed by atoms with E-state index in [0.717, 1.165) is 10.3 Å². The summed E-state index contributed by atoms with van der Waals surface area (Å²) >= 11 is 1.25. The fourth-order valence-electron chi connectivity index (χ4n) is 5.55. The molecule has 272 valence electrons. The van der Waals surface area contributed by atoms with Gasteiger partial charge >= 0.3 is 0 Å². The van der Waals surface area contributed by atoms with Crippen molar-refractivity contribution in [1.82, 2.24) is 26.3 Å². The van der Waals surface area contributed by atoms with Crippen LogP contribution in [0.5, 0.6) is 5.75 Å². The standard InChI is InChI=1S/C37H47N7O6S/c1-22(2)20-30-35(48)43-31(21-25-14-16-26(17-15-25)50-19-8-7-11-29(34(47)42-30)40-24(4)45)36(49)41-28(12-9-18-39-23(3)38)33(46)37-44-27-10-5-6-13-32(27)51-37/h5-8,10,13-17,22,28-31H,9,11-12,18-21H2,1-4H3,(H2,38,39)(H,40,45)(H,41,49)(H,42,47)(H,43,48)/b8-7-/t28-,29-,30-,31-/m0/s1. The van der Waals surface area contributed by atoms with Crippen LogP contribution < -0.4 is 31.7 Å². The van der Waals surface area contributed by atoms with Gasteiger partial charge in [0, 0.05) is 19.9 Å². The summed E-state index contributed by atoms with van der Waals surface area (Å²) in [6.45, 7) is 7.41. The maximum Gasteiger partial charge on any atom is 0.243 e. The summed E-state index contributed by atoms with van der Waals surface area (Å²) in [5.74, 6) is -1.42. The molecule has 51 heavy (non-hydrogen) atoms. The molecule has 2 aliphatic rings. The Labute approximate surface area is 301 Å². The molecule has 5 rings (SSSR count). The molecule has 14 heteroatoms. The van der Waals surface area contributed by atoms with E-state index in [-0.39, 0.29) is 49.0 Å². The first-order chi connectivity index (χ1) is 24.4. The monoisotopic (exact) mass is 717 g/mol. The number of para-hydroxylation sites is 1. The fourth-order valence-corrected chi connectivity index (χ4v) is 6.51. The predicted octanol–water partition coefficient (Wildman–Crippen LogP) is 3.22. The van der Waals surface area contributed by atoms with Crippen LogP contribution in [0, 0.1) is 5.92 Å². The van der Waals surface area contributed by atoms with Crippen LogP contribution in [-0.2, 0) is 25.6 Å². The zero-order chi connectivity index (χ0) is 36.9. The van der Waals surface area contributed by atoms with Gasteiger partial charge in [-0.05, 0) is 68.4 Å². The number of thiazole rings is 1. The number of benzene rings is 2. The van der Waals surface area contributed by atoms with Crippen LogP contribution in [0.4, 0.5) is 0 Å². The number of ether oxygens (including phenoxy) is 1. The number of amides is 4. The normalized spacial score (nSPS) is 20.1. The van der Waals surface area contributed by atoms with Gasteiger partial charge < -0.3 is 31.7 Å². The van der Waals surface area contributed by atoms with Crippen molar-refractivity contribution in [2.24, 2.45) is 16.6 Å². The third-order valence-corrected chi connectivity index (χ3v) is 9.12. The molecule has 0 unspecified atom stereocenters. The summed E-state index contributed by atoms with van der Waals surface area (Å²) in [5, 5.41) is 11.5. The van der Waals surface area contributed by atoms with Crippen LogP contribution in [0.3, 0.4) is 0 Å². The Kier molecular flexibility index (Phi) is 14.2. The summed E-state index contributed by atoms with van der Waals surface area (Å²) < 4.78 is 6.65. The molecule has 3 heterocycles. The number of ketones is 1. The molecule has 3 aromatic rings. The number of hydrogen-bond acceptors (Lipinski definition) is 9. The molecule has 0 saturated carbocycles. The van der Waals surface area contributed by atoms with Crippen LogP contribution >= 0.6 is 11.3 Å². The third kappa shape index (κ3) is 12.0. The van der Waals surface area contributed by atoms with Gasteiger partial charge in [0.25, 0.3) is 0 Å². The fraction of sp³-hybridized carbons (Fsp3) is 0.432. The molecular formula is C37H47N7O6S. The zero-order valence-electron chi connectivity index (χ0n) is 29.4. The molecule has 0 aliphatic carbocycles. The van der Waals surface area contributed by atoms with Gasteiger partial charge in [-0.15, -0.1) is 11.3 Å². The van der Waals surface area contributed by atoms with Crippen molar-refractivity contribution in [3.63, 3.8) is 0 Å². The van der Waals surface area contributed by atoms with Crippen LogP contribution in [0.2, 0.25) is 0 Å². The number of amidine groups is 1. The Hall–Kier alpha value is -5.11. The van der Waals surface area contributed by atoms with Gasteiger partial charge in [0.05, 0.1) is 22.1 Å². The predicted molar refractivity (Wildman–Crippen MR) is 198 cm³/mol. The number of aliphatic imine (C=N–C) groups is 1. The first-order valence-electron chi connectivity index (χ1n) is 17.1. The van der Waals surface area contributed by atoms with Crippen LogP contribution in [0.15, 0.2) is 65.7 Å². The van der Waals surface area contributed by atoms with Gasteiger partial charge in [-0.1, -0.05) is 50.3 Å². The Morgan fingerprint density at radius 3 is 2.47 bits per heavy atom. The SMILES string of the molecule is CC(=O)N[C@H]1C/C=C\COc2ccc(cc2)C[C@@H](C(=O)N[C@@H](CCCN=C(C)N)C(=O)c2nc3ccccc3s2)NC(=O)[C@H](CC(C)C)NC1=O. The second-order valence-electron chi connectivity index (χ2n) is 12.9. The van der Waals surface area contributed by atoms with Gasteiger partial charge in [0.15, 0.2) is 5.01 Å². The van der Waals surface area contributed by atoms with Crippen molar-refractivity contribution < 1.29 is 28.7 Å². The second-order valence-corrected chi connectivity index (χ2v) is 14.0.